The molecule has 1 fully saturated rings. The number of benzene rings is 1. The summed E-state index contributed by atoms with van der Waals surface area (Å²) in [4.78, 5) is 13.9. The molecular weight excluding hydrogens is 238 g/mol. The second-order valence-corrected chi connectivity index (χ2v) is 4.43. The molecule has 3 nitrogen and oxygen atoms in total. The largest absolute Gasteiger partial charge is 0.333 e. The molecule has 0 saturated carbocycles. The highest BCUT2D eigenvalue weighted by Crippen LogP contribution is 2.16. The van der Waals surface area contributed by atoms with Crippen LogP contribution in [0.25, 0.3) is 0 Å². The molecule has 0 radical (unpaired) electrons. The number of nitrogens with one attached hydrogen (secondary N) is 1. The van der Waals surface area contributed by atoms with E-state index in [1.54, 1.807) is 4.90 Å². The number of hydrogen-bond acceptors (Lipinski definition) is 2. The lowest BCUT2D eigenvalue weighted by Crippen LogP contribution is -2.59. The van der Waals surface area contributed by atoms with Crippen LogP contribution < -0.4 is 5.32 Å². The predicted octanol–water partition coefficient (Wildman–Crippen LogP) is 1.79. The second-order valence-electron chi connectivity index (χ2n) is 4.43. The number of carbonyl (C=O) groups excluding carboxylic acids is 1. The second kappa shape index (κ2) is 5.44. The van der Waals surface area contributed by atoms with Gasteiger partial charge in [0, 0.05) is 19.6 Å². The zero-order valence-corrected chi connectivity index (χ0v) is 10.2. The Morgan fingerprint density at radius 2 is 2.17 bits per heavy atom. The molecule has 98 valence electrons. The molecule has 0 atom stereocenters. The minimum atomic E-state index is -0.671. The summed E-state index contributed by atoms with van der Waals surface area (Å²) >= 11 is 0. The van der Waals surface area contributed by atoms with Crippen molar-refractivity contribution in [2.24, 2.45) is 0 Å². The van der Waals surface area contributed by atoms with E-state index in [2.05, 4.69) is 5.32 Å². The number of halogens is 2. The lowest BCUT2D eigenvalue weighted by Gasteiger charge is -2.38. The first-order chi connectivity index (χ1) is 8.63. The molecule has 1 aliphatic rings. The number of nitrogens with zero attached hydrogens (tertiary/aromatic N) is 1. The van der Waals surface area contributed by atoms with Crippen molar-refractivity contribution < 1.29 is 13.6 Å². The maximum atomic E-state index is 13.6. The lowest BCUT2D eigenvalue weighted by molar-refractivity contribution is 0.0610. The van der Waals surface area contributed by atoms with Gasteiger partial charge in [0.15, 0.2) is 0 Å². The minimum Gasteiger partial charge on any atom is -0.333 e. The van der Waals surface area contributed by atoms with E-state index in [0.29, 0.717) is 19.6 Å². The molecule has 0 aliphatic carbocycles. The average Bonchev–Trinajstić information content (AvgIpc) is 2.28. The molecule has 1 saturated heterocycles. The molecule has 2 rings (SSSR count). The highest BCUT2D eigenvalue weighted by molar-refractivity contribution is 5.94. The molecule has 1 aromatic carbocycles. The standard InChI is InChI=1S/C13H16F2N2O/c1-2-5-17(10-7-16-8-10)13(18)11-6-9(14)3-4-12(11)15/h3-4,6,10,16H,2,5,7-8H2,1H3. The van der Waals surface area contributed by atoms with Crippen molar-refractivity contribution in [3.8, 4) is 0 Å². The van der Waals surface area contributed by atoms with Gasteiger partial charge < -0.3 is 10.2 Å². The molecule has 18 heavy (non-hydrogen) atoms. The van der Waals surface area contributed by atoms with E-state index in [1.165, 1.54) is 0 Å². The van der Waals surface area contributed by atoms with Gasteiger partial charge in [-0.1, -0.05) is 6.92 Å². The van der Waals surface area contributed by atoms with E-state index in [1.807, 2.05) is 6.92 Å². The van der Waals surface area contributed by atoms with E-state index in [4.69, 9.17) is 0 Å². The van der Waals surface area contributed by atoms with Crippen LogP contribution in [-0.2, 0) is 0 Å². The minimum absolute atomic E-state index is 0.0834. The Morgan fingerprint density at radius 1 is 1.44 bits per heavy atom. The summed E-state index contributed by atoms with van der Waals surface area (Å²) in [7, 11) is 0. The van der Waals surface area contributed by atoms with Crippen molar-refractivity contribution in [3.63, 3.8) is 0 Å². The fraction of sp³-hybridized carbons (Fsp3) is 0.462. The molecule has 5 heteroatoms. The van der Waals surface area contributed by atoms with Crippen LogP contribution in [0.1, 0.15) is 23.7 Å². The maximum absolute atomic E-state index is 13.6. The fourth-order valence-electron chi connectivity index (χ4n) is 2.00. The van der Waals surface area contributed by atoms with Crippen LogP contribution in [0.3, 0.4) is 0 Å². The molecule has 1 heterocycles. The Hall–Kier alpha value is -1.49. The Bertz CT molecular complexity index is 447. The van der Waals surface area contributed by atoms with Gasteiger partial charge in [0.05, 0.1) is 11.6 Å². The van der Waals surface area contributed by atoms with Gasteiger partial charge in [0.2, 0.25) is 0 Å². The smallest absolute Gasteiger partial charge is 0.257 e. The average molecular weight is 254 g/mol. The Balaban J connectivity index is 2.23. The molecule has 0 spiro atoms. The van der Waals surface area contributed by atoms with Crippen LogP contribution in [0, 0.1) is 11.6 Å². The number of amides is 1. The topological polar surface area (TPSA) is 32.3 Å². The van der Waals surface area contributed by atoms with Gasteiger partial charge in [0.25, 0.3) is 5.91 Å². The fourth-order valence-corrected chi connectivity index (χ4v) is 2.00. The van der Waals surface area contributed by atoms with E-state index >= 15 is 0 Å². The van der Waals surface area contributed by atoms with Crippen molar-refractivity contribution >= 4 is 5.91 Å². The van der Waals surface area contributed by atoms with E-state index in [9.17, 15) is 13.6 Å². The number of rotatable bonds is 4. The first kappa shape index (κ1) is 13.0. The van der Waals surface area contributed by atoms with Crippen molar-refractivity contribution in [2.45, 2.75) is 19.4 Å². The Labute approximate surface area is 105 Å². The molecule has 1 aromatic rings. The first-order valence-electron chi connectivity index (χ1n) is 6.10. The van der Waals surface area contributed by atoms with Gasteiger partial charge in [-0.25, -0.2) is 8.78 Å². The molecule has 1 aliphatic heterocycles. The third-order valence-corrected chi connectivity index (χ3v) is 3.08. The summed E-state index contributed by atoms with van der Waals surface area (Å²) in [5.41, 5.74) is -0.185. The third-order valence-electron chi connectivity index (χ3n) is 3.08. The van der Waals surface area contributed by atoms with Gasteiger partial charge >= 0.3 is 0 Å². The molecule has 0 unspecified atom stereocenters. The first-order valence-corrected chi connectivity index (χ1v) is 6.10. The van der Waals surface area contributed by atoms with Gasteiger partial charge in [0.1, 0.15) is 11.6 Å². The van der Waals surface area contributed by atoms with Gasteiger partial charge in [-0.2, -0.15) is 0 Å². The van der Waals surface area contributed by atoms with Crippen molar-refractivity contribution in [2.75, 3.05) is 19.6 Å². The lowest BCUT2D eigenvalue weighted by atomic mass is 10.1. The van der Waals surface area contributed by atoms with Crippen molar-refractivity contribution in [1.29, 1.82) is 0 Å². The van der Waals surface area contributed by atoms with Crippen LogP contribution in [0.2, 0.25) is 0 Å². The van der Waals surface area contributed by atoms with Crippen LogP contribution in [0.15, 0.2) is 18.2 Å². The van der Waals surface area contributed by atoms with Crippen LogP contribution in [0.5, 0.6) is 0 Å². The van der Waals surface area contributed by atoms with Crippen molar-refractivity contribution in [1.82, 2.24) is 10.2 Å². The summed E-state index contributed by atoms with van der Waals surface area (Å²) < 4.78 is 26.7. The summed E-state index contributed by atoms with van der Waals surface area (Å²) in [6.07, 6.45) is 0.791. The number of hydrogen-bond donors (Lipinski definition) is 1. The molecule has 0 aromatic heterocycles. The monoisotopic (exact) mass is 254 g/mol. The predicted molar refractivity (Wildman–Crippen MR) is 64.3 cm³/mol. The molecule has 1 amide bonds. The maximum Gasteiger partial charge on any atom is 0.257 e. The number of carbonyl (C=O) groups is 1. The van der Waals surface area contributed by atoms with Crippen LogP contribution >= 0.6 is 0 Å². The highest BCUT2D eigenvalue weighted by Gasteiger charge is 2.29. The van der Waals surface area contributed by atoms with E-state index in [-0.39, 0.29) is 11.6 Å². The molecule has 1 N–H and O–H groups in total. The SMILES string of the molecule is CCCN(C(=O)c1cc(F)ccc1F)C1CNC1. The van der Waals surface area contributed by atoms with Crippen LogP contribution in [0.4, 0.5) is 8.78 Å². The van der Waals surface area contributed by atoms with Gasteiger partial charge in [-0.3, -0.25) is 4.79 Å². The Morgan fingerprint density at radius 3 is 2.72 bits per heavy atom. The summed E-state index contributed by atoms with van der Waals surface area (Å²) in [6, 6.07) is 3.05. The Kier molecular flexibility index (Phi) is 3.91. The third kappa shape index (κ3) is 2.51. The highest BCUT2D eigenvalue weighted by atomic mass is 19.1. The zero-order chi connectivity index (χ0) is 13.1. The van der Waals surface area contributed by atoms with Gasteiger partial charge in [-0.05, 0) is 24.6 Å². The van der Waals surface area contributed by atoms with E-state index < -0.39 is 17.5 Å². The summed E-state index contributed by atoms with van der Waals surface area (Å²) in [5.74, 6) is -1.70. The van der Waals surface area contributed by atoms with E-state index in [0.717, 1.165) is 24.6 Å². The molecule has 0 bridgehead atoms. The quantitative estimate of drug-likeness (QED) is 0.888. The van der Waals surface area contributed by atoms with Gasteiger partial charge in [-0.15, -0.1) is 0 Å². The summed E-state index contributed by atoms with van der Waals surface area (Å²) in [6.45, 7) is 3.93. The normalized spacial score (nSPS) is 15.3. The molecular formula is C13H16F2N2O. The zero-order valence-electron chi connectivity index (χ0n) is 10.2. The van der Waals surface area contributed by atoms with Crippen LogP contribution in [-0.4, -0.2) is 36.5 Å². The van der Waals surface area contributed by atoms with Crippen molar-refractivity contribution in [3.05, 3.63) is 35.4 Å². The summed E-state index contributed by atoms with van der Waals surface area (Å²) in [5, 5.41) is 3.07.